The van der Waals surface area contributed by atoms with E-state index in [1.165, 1.54) is 64.2 Å². The molecule has 2 amide bonds. The molecular weight excluding hydrogens is 286 g/mol. The van der Waals surface area contributed by atoms with Gasteiger partial charge in [0.15, 0.2) is 0 Å². The van der Waals surface area contributed by atoms with E-state index in [2.05, 4.69) is 19.2 Å². The molecule has 3 nitrogen and oxygen atoms in total. The normalized spacial score (nSPS) is 12.4. The number of hydrogen-bond donors (Lipinski definition) is 1. The largest absolute Gasteiger partial charge is 0.288 e. The number of unbranched alkanes of at least 4 members (excludes halogenated alkanes) is 9. The van der Waals surface area contributed by atoms with Crippen molar-refractivity contribution >= 4 is 11.8 Å². The zero-order valence-electron chi connectivity index (χ0n) is 14.7. The van der Waals surface area contributed by atoms with E-state index in [0.29, 0.717) is 11.1 Å². The maximum atomic E-state index is 10.9. The molecule has 128 valence electrons. The van der Waals surface area contributed by atoms with Gasteiger partial charge in [0, 0.05) is 0 Å². The standard InChI is InChI=1S/C12H26.C8H5NO2/c1-3-5-7-9-11-12-10-8-6-4-2;10-7-5-3-1-2-4-6(5)8(11)9-7/h3-12H2,1-2H3;1-4H,(H,9,10,11). The topological polar surface area (TPSA) is 46.2 Å². The Kier molecular flexibility index (Phi) is 10.0. The lowest BCUT2D eigenvalue weighted by Gasteiger charge is -1.99. The highest BCUT2D eigenvalue weighted by atomic mass is 16.2. The lowest BCUT2D eigenvalue weighted by Crippen LogP contribution is -2.19. The van der Waals surface area contributed by atoms with E-state index in [0.717, 1.165) is 0 Å². The first kappa shape index (κ1) is 19.4. The van der Waals surface area contributed by atoms with E-state index in [1.54, 1.807) is 24.3 Å². The molecule has 0 fully saturated rings. The molecular formula is C20H31NO2. The maximum absolute atomic E-state index is 10.9. The van der Waals surface area contributed by atoms with Gasteiger partial charge in [0.2, 0.25) is 0 Å². The predicted molar refractivity (Wildman–Crippen MR) is 95.8 cm³/mol. The zero-order valence-corrected chi connectivity index (χ0v) is 14.7. The second kappa shape index (κ2) is 11.9. The fraction of sp³-hybridized carbons (Fsp3) is 0.600. The van der Waals surface area contributed by atoms with Crippen molar-refractivity contribution < 1.29 is 9.59 Å². The summed E-state index contributed by atoms with van der Waals surface area (Å²) in [5.41, 5.74) is 0.940. The third-order valence-corrected chi connectivity index (χ3v) is 4.10. The average molecular weight is 317 g/mol. The second-order valence-corrected chi connectivity index (χ2v) is 6.16. The quantitative estimate of drug-likeness (QED) is 0.483. The summed E-state index contributed by atoms with van der Waals surface area (Å²) in [5.74, 6) is -0.601. The third kappa shape index (κ3) is 7.45. The van der Waals surface area contributed by atoms with Crippen molar-refractivity contribution in [3.63, 3.8) is 0 Å². The van der Waals surface area contributed by atoms with Crippen LogP contribution in [0.25, 0.3) is 0 Å². The number of fused-ring (bicyclic) bond motifs is 1. The first-order valence-electron chi connectivity index (χ1n) is 9.15. The van der Waals surface area contributed by atoms with Crippen LogP contribution >= 0.6 is 0 Å². The number of imide groups is 1. The van der Waals surface area contributed by atoms with Gasteiger partial charge in [-0.25, -0.2) is 0 Å². The Hall–Kier alpha value is -1.64. The molecule has 0 saturated carbocycles. The predicted octanol–water partition coefficient (Wildman–Crippen LogP) is 5.50. The van der Waals surface area contributed by atoms with Gasteiger partial charge >= 0.3 is 0 Å². The minimum absolute atomic E-state index is 0.300. The third-order valence-electron chi connectivity index (χ3n) is 4.10. The highest BCUT2D eigenvalue weighted by Gasteiger charge is 2.25. The molecule has 0 aromatic heterocycles. The van der Waals surface area contributed by atoms with Crippen LogP contribution in [0.1, 0.15) is 98.8 Å². The Morgan fingerprint density at radius 3 is 1.35 bits per heavy atom. The molecule has 1 aliphatic heterocycles. The maximum Gasteiger partial charge on any atom is 0.258 e. The van der Waals surface area contributed by atoms with Crippen molar-refractivity contribution in [3.05, 3.63) is 35.4 Å². The molecule has 1 heterocycles. The van der Waals surface area contributed by atoms with Crippen LogP contribution in [0.5, 0.6) is 0 Å². The fourth-order valence-corrected chi connectivity index (χ4v) is 2.68. The van der Waals surface area contributed by atoms with Crippen molar-refractivity contribution in [2.75, 3.05) is 0 Å². The van der Waals surface area contributed by atoms with Crippen LogP contribution in [0, 0.1) is 0 Å². The molecule has 3 heteroatoms. The fourth-order valence-electron chi connectivity index (χ4n) is 2.68. The zero-order chi connectivity index (χ0) is 16.9. The Morgan fingerprint density at radius 2 is 1.00 bits per heavy atom. The number of carbonyl (C=O) groups is 2. The molecule has 0 aliphatic carbocycles. The van der Waals surface area contributed by atoms with Gasteiger partial charge in [-0.15, -0.1) is 0 Å². The first-order valence-corrected chi connectivity index (χ1v) is 9.15. The summed E-state index contributed by atoms with van der Waals surface area (Å²) < 4.78 is 0. The molecule has 0 spiro atoms. The molecule has 1 aromatic rings. The lowest BCUT2D eigenvalue weighted by molar-refractivity contribution is 0.0879. The second-order valence-electron chi connectivity index (χ2n) is 6.16. The van der Waals surface area contributed by atoms with Gasteiger partial charge in [-0.3, -0.25) is 14.9 Å². The van der Waals surface area contributed by atoms with Crippen molar-refractivity contribution in [1.29, 1.82) is 0 Å². The molecule has 0 saturated heterocycles. The smallest absolute Gasteiger partial charge is 0.258 e. The minimum atomic E-state index is -0.300. The van der Waals surface area contributed by atoms with Crippen LogP contribution < -0.4 is 5.32 Å². The highest BCUT2D eigenvalue weighted by molar-refractivity contribution is 6.21. The Labute approximate surface area is 140 Å². The van der Waals surface area contributed by atoms with Gasteiger partial charge < -0.3 is 0 Å². The molecule has 1 aliphatic rings. The van der Waals surface area contributed by atoms with Gasteiger partial charge in [-0.1, -0.05) is 90.2 Å². The first-order chi connectivity index (χ1) is 11.2. The monoisotopic (exact) mass is 317 g/mol. The summed E-state index contributed by atoms with van der Waals surface area (Å²) in [6, 6.07) is 6.74. The van der Waals surface area contributed by atoms with Crippen LogP contribution in [0.2, 0.25) is 0 Å². The summed E-state index contributed by atoms with van der Waals surface area (Å²) in [5, 5.41) is 2.20. The van der Waals surface area contributed by atoms with E-state index in [-0.39, 0.29) is 11.8 Å². The van der Waals surface area contributed by atoms with Crippen LogP contribution in [0.4, 0.5) is 0 Å². The molecule has 2 rings (SSSR count). The van der Waals surface area contributed by atoms with E-state index in [1.807, 2.05) is 0 Å². The van der Waals surface area contributed by atoms with Crippen molar-refractivity contribution in [3.8, 4) is 0 Å². The van der Waals surface area contributed by atoms with Crippen molar-refractivity contribution in [1.82, 2.24) is 5.32 Å². The molecule has 0 bridgehead atoms. The van der Waals surface area contributed by atoms with Gasteiger partial charge in [-0.05, 0) is 12.1 Å². The Morgan fingerprint density at radius 1 is 0.652 bits per heavy atom. The SMILES string of the molecule is CCCCCCCCCCCC.O=C1NC(=O)c2ccccc21. The number of carbonyl (C=O) groups excluding carboxylic acids is 2. The van der Waals surface area contributed by atoms with Crippen LogP contribution in [-0.4, -0.2) is 11.8 Å². The number of amides is 2. The van der Waals surface area contributed by atoms with Gasteiger partial charge in [-0.2, -0.15) is 0 Å². The van der Waals surface area contributed by atoms with E-state index in [9.17, 15) is 9.59 Å². The van der Waals surface area contributed by atoms with Crippen molar-refractivity contribution in [2.24, 2.45) is 0 Å². The van der Waals surface area contributed by atoms with Crippen LogP contribution in [-0.2, 0) is 0 Å². The molecule has 23 heavy (non-hydrogen) atoms. The Bertz CT molecular complexity index is 439. The van der Waals surface area contributed by atoms with Crippen molar-refractivity contribution in [2.45, 2.75) is 78.1 Å². The van der Waals surface area contributed by atoms with Gasteiger partial charge in [0.05, 0.1) is 11.1 Å². The molecule has 1 N–H and O–H groups in total. The number of rotatable bonds is 9. The number of hydrogen-bond acceptors (Lipinski definition) is 2. The van der Waals surface area contributed by atoms with E-state index >= 15 is 0 Å². The van der Waals surface area contributed by atoms with Gasteiger partial charge in [0.25, 0.3) is 11.8 Å². The van der Waals surface area contributed by atoms with Gasteiger partial charge in [0.1, 0.15) is 0 Å². The minimum Gasteiger partial charge on any atom is -0.288 e. The molecule has 0 radical (unpaired) electrons. The van der Waals surface area contributed by atoms with E-state index < -0.39 is 0 Å². The number of benzene rings is 1. The summed E-state index contributed by atoms with van der Waals surface area (Å²) in [7, 11) is 0. The molecule has 0 atom stereocenters. The number of nitrogens with one attached hydrogen (secondary N) is 1. The summed E-state index contributed by atoms with van der Waals surface area (Å²) in [6.45, 7) is 4.56. The summed E-state index contributed by atoms with van der Waals surface area (Å²) >= 11 is 0. The molecule has 0 unspecified atom stereocenters. The molecule has 1 aromatic carbocycles. The van der Waals surface area contributed by atoms with E-state index in [4.69, 9.17) is 0 Å². The highest BCUT2D eigenvalue weighted by Crippen LogP contribution is 2.13. The summed E-state index contributed by atoms with van der Waals surface area (Å²) in [6.07, 6.45) is 14.4. The Balaban J connectivity index is 0.000000230. The van der Waals surface area contributed by atoms with Crippen LogP contribution in [0.3, 0.4) is 0 Å². The summed E-state index contributed by atoms with van der Waals surface area (Å²) in [4.78, 5) is 21.9. The average Bonchev–Trinajstić information content (AvgIpc) is 2.86. The lowest BCUT2D eigenvalue weighted by atomic mass is 10.1. The van der Waals surface area contributed by atoms with Crippen LogP contribution in [0.15, 0.2) is 24.3 Å².